The molecule has 5 heteroatoms. The van der Waals surface area contributed by atoms with Crippen LogP contribution in [-0.4, -0.2) is 42.0 Å². The van der Waals surface area contributed by atoms with Gasteiger partial charge in [0.15, 0.2) is 0 Å². The second-order valence-electron chi connectivity index (χ2n) is 6.50. The number of nitrogens with zero attached hydrogens (tertiary/aromatic N) is 3. The molecular formula is C20H24BrN3O. The lowest BCUT2D eigenvalue weighted by Gasteiger charge is -2.36. The van der Waals surface area contributed by atoms with Gasteiger partial charge in [0.25, 0.3) is 0 Å². The Morgan fingerprint density at radius 1 is 1.16 bits per heavy atom. The highest BCUT2D eigenvalue weighted by atomic mass is 79.9. The van der Waals surface area contributed by atoms with E-state index in [-0.39, 0.29) is 5.91 Å². The van der Waals surface area contributed by atoms with Crippen molar-refractivity contribution in [2.75, 3.05) is 31.1 Å². The minimum Gasteiger partial charge on any atom is -0.353 e. The van der Waals surface area contributed by atoms with Gasteiger partial charge in [-0.3, -0.25) is 4.79 Å². The largest absolute Gasteiger partial charge is 0.353 e. The van der Waals surface area contributed by atoms with Crippen LogP contribution in [0.5, 0.6) is 0 Å². The Morgan fingerprint density at radius 3 is 2.56 bits per heavy atom. The van der Waals surface area contributed by atoms with Crippen molar-refractivity contribution >= 4 is 27.7 Å². The topological polar surface area (TPSA) is 36.4 Å². The molecule has 1 saturated heterocycles. The minimum atomic E-state index is 0.274. The first-order valence-electron chi connectivity index (χ1n) is 8.82. The molecule has 2 heterocycles. The monoisotopic (exact) mass is 401 g/mol. The molecule has 0 atom stereocenters. The van der Waals surface area contributed by atoms with Crippen LogP contribution in [0.3, 0.4) is 0 Å². The van der Waals surface area contributed by atoms with E-state index in [0.29, 0.717) is 6.42 Å². The molecule has 3 rings (SSSR count). The van der Waals surface area contributed by atoms with Crippen molar-refractivity contribution in [3.8, 4) is 0 Å². The summed E-state index contributed by atoms with van der Waals surface area (Å²) in [7, 11) is 0. The molecule has 25 heavy (non-hydrogen) atoms. The summed E-state index contributed by atoms with van der Waals surface area (Å²) in [6.07, 6.45) is 4.35. The van der Waals surface area contributed by atoms with Gasteiger partial charge in [0.05, 0.1) is 0 Å². The van der Waals surface area contributed by atoms with Gasteiger partial charge in [-0.1, -0.05) is 30.3 Å². The summed E-state index contributed by atoms with van der Waals surface area (Å²) in [5.74, 6) is 1.30. The van der Waals surface area contributed by atoms with E-state index in [2.05, 4.69) is 63.1 Å². The van der Waals surface area contributed by atoms with Gasteiger partial charge in [0.2, 0.25) is 5.91 Å². The summed E-state index contributed by atoms with van der Waals surface area (Å²) >= 11 is 3.46. The second kappa shape index (κ2) is 8.48. The van der Waals surface area contributed by atoms with Gasteiger partial charge < -0.3 is 9.80 Å². The zero-order chi connectivity index (χ0) is 17.6. The lowest BCUT2D eigenvalue weighted by molar-refractivity contribution is -0.131. The van der Waals surface area contributed by atoms with E-state index in [9.17, 15) is 4.79 Å². The van der Waals surface area contributed by atoms with Gasteiger partial charge in [-0.05, 0) is 52.9 Å². The third-order valence-electron chi connectivity index (χ3n) is 4.65. The summed E-state index contributed by atoms with van der Waals surface area (Å²) in [4.78, 5) is 21.2. The van der Waals surface area contributed by atoms with Crippen molar-refractivity contribution in [1.82, 2.24) is 9.88 Å². The molecule has 1 aromatic carbocycles. The normalized spacial score (nSPS) is 14.6. The number of aromatic nitrogens is 1. The summed E-state index contributed by atoms with van der Waals surface area (Å²) in [5, 5.41) is 0. The minimum absolute atomic E-state index is 0.274. The maximum absolute atomic E-state index is 12.4. The van der Waals surface area contributed by atoms with E-state index in [1.165, 1.54) is 5.56 Å². The van der Waals surface area contributed by atoms with Crippen molar-refractivity contribution in [1.29, 1.82) is 0 Å². The van der Waals surface area contributed by atoms with E-state index in [1.54, 1.807) is 0 Å². The summed E-state index contributed by atoms with van der Waals surface area (Å²) in [6, 6.07) is 12.5. The van der Waals surface area contributed by atoms with Crippen LogP contribution in [0.4, 0.5) is 5.82 Å². The molecule has 1 amide bonds. The number of carbonyl (C=O) groups is 1. The van der Waals surface area contributed by atoms with Gasteiger partial charge in [-0.15, -0.1) is 0 Å². The molecular weight excluding hydrogens is 378 g/mol. The molecule has 2 aromatic rings. The van der Waals surface area contributed by atoms with Crippen molar-refractivity contribution < 1.29 is 4.79 Å². The lowest BCUT2D eigenvalue weighted by atomic mass is 10.1. The predicted molar refractivity (Wildman–Crippen MR) is 105 cm³/mol. The zero-order valence-corrected chi connectivity index (χ0v) is 16.2. The Hall–Kier alpha value is -1.88. The number of carbonyl (C=O) groups excluding carboxylic acids is 1. The smallest absolute Gasteiger partial charge is 0.222 e. The molecule has 1 fully saturated rings. The van der Waals surface area contributed by atoms with Crippen LogP contribution >= 0.6 is 15.9 Å². The molecule has 0 radical (unpaired) electrons. The fraction of sp³-hybridized carbons (Fsp3) is 0.400. The second-order valence-corrected chi connectivity index (χ2v) is 7.42. The number of aryl methyl sites for hydroxylation is 2. The van der Waals surface area contributed by atoms with Crippen LogP contribution in [0, 0.1) is 6.92 Å². The number of pyridine rings is 1. The molecule has 4 nitrogen and oxygen atoms in total. The highest BCUT2D eigenvalue weighted by Crippen LogP contribution is 2.22. The number of anilines is 1. The quantitative estimate of drug-likeness (QED) is 0.763. The highest BCUT2D eigenvalue weighted by Gasteiger charge is 2.22. The van der Waals surface area contributed by atoms with Gasteiger partial charge in [0.1, 0.15) is 5.82 Å². The Morgan fingerprint density at radius 2 is 1.88 bits per heavy atom. The van der Waals surface area contributed by atoms with Gasteiger partial charge in [0, 0.05) is 43.3 Å². The van der Waals surface area contributed by atoms with E-state index in [4.69, 9.17) is 0 Å². The molecule has 1 aromatic heterocycles. The van der Waals surface area contributed by atoms with Crippen LogP contribution in [0.15, 0.2) is 47.1 Å². The Kier molecular flexibility index (Phi) is 6.08. The number of rotatable bonds is 5. The van der Waals surface area contributed by atoms with E-state index in [0.717, 1.165) is 54.9 Å². The Balaban J connectivity index is 1.46. The molecule has 0 spiro atoms. The van der Waals surface area contributed by atoms with Crippen molar-refractivity contribution in [2.45, 2.75) is 26.2 Å². The summed E-state index contributed by atoms with van der Waals surface area (Å²) in [5.41, 5.74) is 2.47. The number of benzene rings is 1. The summed E-state index contributed by atoms with van der Waals surface area (Å²) in [6.45, 7) is 5.33. The van der Waals surface area contributed by atoms with Crippen LogP contribution in [-0.2, 0) is 11.2 Å². The first-order chi connectivity index (χ1) is 12.1. The SMILES string of the molecule is Cc1cc(Br)cnc1N1CCN(C(=O)CCCc2ccccc2)CC1. The van der Waals surface area contributed by atoms with E-state index < -0.39 is 0 Å². The molecule has 0 saturated carbocycles. The molecule has 1 aliphatic heterocycles. The molecule has 0 unspecified atom stereocenters. The molecule has 1 aliphatic rings. The fourth-order valence-electron chi connectivity index (χ4n) is 3.28. The van der Waals surface area contributed by atoms with Gasteiger partial charge in [-0.25, -0.2) is 4.98 Å². The van der Waals surface area contributed by atoms with Crippen LogP contribution in [0.25, 0.3) is 0 Å². The predicted octanol–water partition coefficient (Wildman–Crippen LogP) is 3.82. The maximum Gasteiger partial charge on any atom is 0.222 e. The fourth-order valence-corrected chi connectivity index (χ4v) is 3.72. The number of piperazine rings is 1. The van der Waals surface area contributed by atoms with Crippen molar-refractivity contribution in [2.24, 2.45) is 0 Å². The van der Waals surface area contributed by atoms with E-state index in [1.807, 2.05) is 17.2 Å². The Labute approximate surface area is 158 Å². The number of halogens is 1. The maximum atomic E-state index is 12.4. The van der Waals surface area contributed by atoms with Crippen molar-refractivity contribution in [3.05, 3.63) is 58.2 Å². The molecule has 0 bridgehead atoms. The number of hydrogen-bond donors (Lipinski definition) is 0. The molecule has 0 aliphatic carbocycles. The Bertz CT molecular complexity index is 712. The van der Waals surface area contributed by atoms with Gasteiger partial charge in [-0.2, -0.15) is 0 Å². The van der Waals surface area contributed by atoms with Gasteiger partial charge >= 0.3 is 0 Å². The van der Waals surface area contributed by atoms with Crippen LogP contribution < -0.4 is 4.90 Å². The first-order valence-corrected chi connectivity index (χ1v) is 9.61. The number of amides is 1. The van der Waals surface area contributed by atoms with Crippen LogP contribution in [0.1, 0.15) is 24.0 Å². The molecule has 0 N–H and O–H groups in total. The highest BCUT2D eigenvalue weighted by molar-refractivity contribution is 9.10. The molecule has 132 valence electrons. The van der Waals surface area contributed by atoms with Crippen LogP contribution in [0.2, 0.25) is 0 Å². The number of hydrogen-bond acceptors (Lipinski definition) is 3. The van der Waals surface area contributed by atoms with Crippen molar-refractivity contribution in [3.63, 3.8) is 0 Å². The zero-order valence-electron chi connectivity index (χ0n) is 14.6. The average Bonchev–Trinajstić information content (AvgIpc) is 2.63. The van der Waals surface area contributed by atoms with E-state index >= 15 is 0 Å². The standard InChI is InChI=1S/C20H24BrN3O/c1-16-14-18(21)15-22-20(16)24-12-10-23(11-13-24)19(25)9-5-8-17-6-3-2-4-7-17/h2-4,6-7,14-15H,5,8-13H2,1H3. The first kappa shape index (κ1) is 17.9. The third kappa shape index (κ3) is 4.82. The third-order valence-corrected chi connectivity index (χ3v) is 5.08. The lowest BCUT2D eigenvalue weighted by Crippen LogP contribution is -2.49. The summed E-state index contributed by atoms with van der Waals surface area (Å²) < 4.78 is 1.00. The average molecular weight is 402 g/mol.